The van der Waals surface area contributed by atoms with Gasteiger partial charge in [0, 0.05) is 14.7 Å². The lowest BCUT2D eigenvalue weighted by Crippen LogP contribution is -2.22. The zero-order chi connectivity index (χ0) is 11.2. The average Bonchev–Trinajstić information content (AvgIpc) is 2.86. The van der Waals surface area contributed by atoms with Gasteiger partial charge in [-0.1, -0.05) is 0 Å². The Kier molecular flexibility index (Phi) is 2.55. The molecular weight excluding hydrogens is 288 g/mol. The summed E-state index contributed by atoms with van der Waals surface area (Å²) >= 11 is 5.33. The molecular formula is C12H11BrO2S. The van der Waals surface area contributed by atoms with E-state index in [0.717, 1.165) is 10.0 Å². The Morgan fingerprint density at radius 1 is 1.31 bits per heavy atom. The molecule has 0 aliphatic carbocycles. The lowest BCUT2D eigenvalue weighted by atomic mass is 10.1. The zero-order valence-corrected chi connectivity index (χ0v) is 11.2. The first-order chi connectivity index (χ1) is 7.69. The van der Waals surface area contributed by atoms with E-state index in [-0.39, 0.29) is 0 Å². The van der Waals surface area contributed by atoms with Gasteiger partial charge in [-0.2, -0.15) is 0 Å². The normalized spacial score (nSPS) is 19.4. The molecule has 0 N–H and O–H groups in total. The largest absolute Gasteiger partial charge is 0.344 e. The third kappa shape index (κ3) is 1.61. The summed E-state index contributed by atoms with van der Waals surface area (Å²) in [6.07, 6.45) is 0. The third-order valence-corrected chi connectivity index (χ3v) is 4.72. The van der Waals surface area contributed by atoms with Crippen molar-refractivity contribution in [2.75, 3.05) is 13.2 Å². The predicted octanol–water partition coefficient (Wildman–Crippen LogP) is 3.88. The molecule has 16 heavy (non-hydrogen) atoms. The Labute approximate surface area is 106 Å². The Morgan fingerprint density at radius 3 is 2.81 bits per heavy atom. The van der Waals surface area contributed by atoms with E-state index in [1.165, 1.54) is 10.1 Å². The van der Waals surface area contributed by atoms with E-state index < -0.39 is 5.79 Å². The molecule has 0 saturated carbocycles. The van der Waals surface area contributed by atoms with Gasteiger partial charge in [0.25, 0.3) is 0 Å². The van der Waals surface area contributed by atoms with E-state index in [1.54, 1.807) is 11.3 Å². The molecule has 1 aliphatic heterocycles. The molecule has 0 atom stereocenters. The molecule has 1 aromatic carbocycles. The van der Waals surface area contributed by atoms with Gasteiger partial charge in [0.2, 0.25) is 0 Å². The highest BCUT2D eigenvalue weighted by molar-refractivity contribution is 9.10. The van der Waals surface area contributed by atoms with Crippen molar-refractivity contribution >= 4 is 37.4 Å². The molecule has 3 rings (SSSR count). The average molecular weight is 299 g/mol. The monoisotopic (exact) mass is 298 g/mol. The first-order valence-electron chi connectivity index (χ1n) is 5.14. The van der Waals surface area contributed by atoms with Crippen molar-refractivity contribution in [3.63, 3.8) is 0 Å². The zero-order valence-electron chi connectivity index (χ0n) is 8.83. The van der Waals surface area contributed by atoms with E-state index in [2.05, 4.69) is 39.5 Å². The van der Waals surface area contributed by atoms with Crippen LogP contribution in [-0.4, -0.2) is 13.2 Å². The molecule has 0 spiro atoms. The standard InChI is InChI=1S/C12H11BrO2S/c1-12(14-3-4-15-12)9-6-8-2-5-16-11(8)10(13)7-9/h2,5-7H,3-4H2,1H3. The second kappa shape index (κ2) is 3.81. The number of thiophene rings is 1. The summed E-state index contributed by atoms with van der Waals surface area (Å²) in [7, 11) is 0. The van der Waals surface area contributed by atoms with Crippen LogP contribution in [0.5, 0.6) is 0 Å². The highest BCUT2D eigenvalue weighted by Crippen LogP contribution is 2.37. The summed E-state index contributed by atoms with van der Waals surface area (Å²) in [5, 5.41) is 3.33. The molecule has 84 valence electrons. The number of hydrogen-bond donors (Lipinski definition) is 0. The van der Waals surface area contributed by atoms with Crippen molar-refractivity contribution in [3.05, 3.63) is 33.6 Å². The molecule has 1 aromatic heterocycles. The van der Waals surface area contributed by atoms with E-state index in [0.29, 0.717) is 13.2 Å². The molecule has 1 aliphatic rings. The van der Waals surface area contributed by atoms with E-state index in [9.17, 15) is 0 Å². The van der Waals surface area contributed by atoms with Crippen LogP contribution in [0.15, 0.2) is 28.1 Å². The Hall–Kier alpha value is -0.420. The highest BCUT2D eigenvalue weighted by atomic mass is 79.9. The maximum Gasteiger partial charge on any atom is 0.192 e. The van der Waals surface area contributed by atoms with Crippen LogP contribution < -0.4 is 0 Å². The molecule has 2 nitrogen and oxygen atoms in total. The highest BCUT2D eigenvalue weighted by Gasteiger charge is 2.33. The summed E-state index contributed by atoms with van der Waals surface area (Å²) < 4.78 is 13.7. The van der Waals surface area contributed by atoms with Gasteiger partial charge in [0.1, 0.15) is 0 Å². The smallest absolute Gasteiger partial charge is 0.192 e. The predicted molar refractivity (Wildman–Crippen MR) is 68.8 cm³/mol. The fourth-order valence-corrected chi connectivity index (χ4v) is 3.52. The van der Waals surface area contributed by atoms with Crippen molar-refractivity contribution in [3.8, 4) is 0 Å². The Bertz CT molecular complexity index is 529. The number of hydrogen-bond acceptors (Lipinski definition) is 3. The van der Waals surface area contributed by atoms with Crippen LogP contribution in [0.4, 0.5) is 0 Å². The minimum atomic E-state index is -0.585. The molecule has 0 unspecified atom stereocenters. The molecule has 0 radical (unpaired) electrons. The number of halogens is 1. The molecule has 2 heterocycles. The maximum absolute atomic E-state index is 5.67. The third-order valence-electron chi connectivity index (χ3n) is 2.87. The second-order valence-electron chi connectivity index (χ2n) is 3.94. The molecule has 4 heteroatoms. The van der Waals surface area contributed by atoms with Gasteiger partial charge in [0.05, 0.1) is 13.2 Å². The lowest BCUT2D eigenvalue weighted by molar-refractivity contribution is -0.149. The Morgan fingerprint density at radius 2 is 2.06 bits per heavy atom. The summed E-state index contributed by atoms with van der Waals surface area (Å²) in [6, 6.07) is 6.35. The maximum atomic E-state index is 5.67. The summed E-state index contributed by atoms with van der Waals surface area (Å²) in [5.74, 6) is -0.585. The van der Waals surface area contributed by atoms with Crippen LogP contribution in [0.25, 0.3) is 10.1 Å². The topological polar surface area (TPSA) is 18.5 Å². The minimum absolute atomic E-state index is 0.585. The van der Waals surface area contributed by atoms with Crippen molar-refractivity contribution in [2.45, 2.75) is 12.7 Å². The summed E-state index contributed by atoms with van der Waals surface area (Å²) in [6.45, 7) is 3.30. The van der Waals surface area contributed by atoms with E-state index in [4.69, 9.17) is 9.47 Å². The van der Waals surface area contributed by atoms with Crippen LogP contribution in [0.1, 0.15) is 12.5 Å². The summed E-state index contributed by atoms with van der Waals surface area (Å²) in [5.41, 5.74) is 1.07. The van der Waals surface area contributed by atoms with Crippen molar-refractivity contribution in [1.82, 2.24) is 0 Å². The quantitative estimate of drug-likeness (QED) is 0.795. The van der Waals surface area contributed by atoms with Gasteiger partial charge in [-0.15, -0.1) is 11.3 Å². The lowest BCUT2D eigenvalue weighted by Gasteiger charge is -2.23. The molecule has 1 saturated heterocycles. The van der Waals surface area contributed by atoms with Gasteiger partial charge in [-0.25, -0.2) is 0 Å². The molecule has 0 amide bonds. The number of fused-ring (bicyclic) bond motifs is 1. The van der Waals surface area contributed by atoms with Crippen molar-refractivity contribution < 1.29 is 9.47 Å². The Balaban J connectivity index is 2.16. The first-order valence-corrected chi connectivity index (χ1v) is 6.81. The first kappa shape index (κ1) is 10.7. The van der Waals surface area contributed by atoms with Gasteiger partial charge >= 0.3 is 0 Å². The van der Waals surface area contributed by atoms with Crippen molar-refractivity contribution in [2.24, 2.45) is 0 Å². The van der Waals surface area contributed by atoms with Crippen LogP contribution in [0.2, 0.25) is 0 Å². The minimum Gasteiger partial charge on any atom is -0.344 e. The molecule has 1 fully saturated rings. The second-order valence-corrected chi connectivity index (χ2v) is 5.71. The van der Waals surface area contributed by atoms with Gasteiger partial charge in [0.15, 0.2) is 5.79 Å². The number of benzene rings is 1. The summed E-state index contributed by atoms with van der Waals surface area (Å²) in [4.78, 5) is 0. The van der Waals surface area contributed by atoms with Crippen molar-refractivity contribution in [1.29, 1.82) is 0 Å². The van der Waals surface area contributed by atoms with Gasteiger partial charge in [-0.3, -0.25) is 0 Å². The molecule has 0 bridgehead atoms. The fraction of sp³-hybridized carbons (Fsp3) is 0.333. The fourth-order valence-electron chi connectivity index (χ4n) is 1.98. The van der Waals surface area contributed by atoms with Gasteiger partial charge < -0.3 is 9.47 Å². The molecule has 2 aromatic rings. The van der Waals surface area contributed by atoms with Crippen LogP contribution in [0, 0.1) is 0 Å². The number of ether oxygens (including phenoxy) is 2. The number of rotatable bonds is 1. The van der Waals surface area contributed by atoms with E-state index in [1.807, 2.05) is 6.92 Å². The van der Waals surface area contributed by atoms with Crippen LogP contribution >= 0.6 is 27.3 Å². The van der Waals surface area contributed by atoms with Gasteiger partial charge in [-0.05, 0) is 51.8 Å². The van der Waals surface area contributed by atoms with Crippen LogP contribution in [0.3, 0.4) is 0 Å². The SMILES string of the molecule is CC1(c2cc(Br)c3sccc3c2)OCCO1. The van der Waals surface area contributed by atoms with E-state index >= 15 is 0 Å². The van der Waals surface area contributed by atoms with Crippen LogP contribution in [-0.2, 0) is 15.3 Å².